The number of benzene rings is 2. The third-order valence-corrected chi connectivity index (χ3v) is 3.05. The lowest BCUT2D eigenvalue weighted by atomic mass is 10.2. The number of hydrogen-bond acceptors (Lipinski definition) is 5. The van der Waals surface area contributed by atoms with Crippen molar-refractivity contribution in [1.82, 2.24) is 10.1 Å². The highest BCUT2D eigenvalue weighted by Gasteiger charge is 2.10. The number of rotatable bonds is 5. The summed E-state index contributed by atoms with van der Waals surface area (Å²) in [5.41, 5.74) is 1.48. The third kappa shape index (κ3) is 3.74. The molecule has 3 rings (SSSR count). The smallest absolute Gasteiger partial charge is 0.264 e. The van der Waals surface area contributed by atoms with E-state index in [4.69, 9.17) is 9.26 Å². The number of hydrogen-bond donors (Lipinski definition) is 1. The molecule has 0 saturated carbocycles. The molecular formula is C17H15N3O3. The van der Waals surface area contributed by atoms with Crippen LogP contribution in [-0.2, 0) is 11.4 Å². The van der Waals surface area contributed by atoms with Gasteiger partial charge in [-0.05, 0) is 12.1 Å². The summed E-state index contributed by atoms with van der Waals surface area (Å²) in [6.07, 6.45) is 0. The van der Waals surface area contributed by atoms with Gasteiger partial charge in [0.1, 0.15) is 5.75 Å². The molecule has 116 valence electrons. The maximum atomic E-state index is 11.2. The van der Waals surface area contributed by atoms with Gasteiger partial charge in [0.05, 0.1) is 5.69 Å². The molecule has 0 atom stereocenters. The molecule has 0 bridgehead atoms. The molecule has 23 heavy (non-hydrogen) atoms. The van der Waals surface area contributed by atoms with Gasteiger partial charge in [-0.1, -0.05) is 47.6 Å². The van der Waals surface area contributed by atoms with Crippen molar-refractivity contribution in [3.05, 3.63) is 60.5 Å². The molecule has 0 unspecified atom stereocenters. The van der Waals surface area contributed by atoms with Crippen LogP contribution in [-0.4, -0.2) is 16.0 Å². The Kier molecular flexibility index (Phi) is 4.33. The molecule has 1 heterocycles. The van der Waals surface area contributed by atoms with Crippen LogP contribution in [0.4, 0.5) is 5.69 Å². The lowest BCUT2D eigenvalue weighted by Crippen LogP contribution is -2.07. The average molecular weight is 309 g/mol. The van der Waals surface area contributed by atoms with E-state index in [2.05, 4.69) is 15.5 Å². The zero-order valence-electron chi connectivity index (χ0n) is 12.5. The van der Waals surface area contributed by atoms with Gasteiger partial charge in [0, 0.05) is 12.5 Å². The molecule has 6 nitrogen and oxygen atoms in total. The predicted molar refractivity (Wildman–Crippen MR) is 84.8 cm³/mol. The Labute approximate surface area is 133 Å². The summed E-state index contributed by atoms with van der Waals surface area (Å²) in [6, 6.07) is 16.7. The third-order valence-electron chi connectivity index (χ3n) is 3.05. The predicted octanol–water partition coefficient (Wildman–Crippen LogP) is 3.27. The zero-order chi connectivity index (χ0) is 16.1. The van der Waals surface area contributed by atoms with E-state index in [1.54, 1.807) is 12.1 Å². The van der Waals surface area contributed by atoms with Crippen LogP contribution in [0.1, 0.15) is 12.8 Å². The molecule has 0 radical (unpaired) electrons. The number of nitrogens with zero attached hydrogens (tertiary/aromatic N) is 2. The first-order valence-electron chi connectivity index (χ1n) is 7.10. The van der Waals surface area contributed by atoms with Gasteiger partial charge in [0.15, 0.2) is 6.61 Å². The molecule has 0 spiro atoms. The Balaban J connectivity index is 1.70. The quantitative estimate of drug-likeness (QED) is 0.782. The largest absolute Gasteiger partial charge is 0.482 e. The van der Waals surface area contributed by atoms with Crippen LogP contribution < -0.4 is 10.1 Å². The summed E-state index contributed by atoms with van der Waals surface area (Å²) < 4.78 is 10.9. The molecule has 2 aromatic carbocycles. The second kappa shape index (κ2) is 6.74. The standard InChI is InChI=1S/C17H15N3O3/c1-12(21)18-14-9-5-6-10-15(14)22-11-16-19-17(20-23-16)13-7-3-2-4-8-13/h2-10H,11H2,1H3,(H,18,21). The van der Waals surface area contributed by atoms with Crippen molar-refractivity contribution in [2.24, 2.45) is 0 Å². The molecule has 3 aromatic rings. The minimum atomic E-state index is -0.162. The van der Waals surface area contributed by atoms with Crippen LogP contribution in [0.25, 0.3) is 11.4 Å². The number of anilines is 1. The molecule has 1 N–H and O–H groups in total. The summed E-state index contributed by atoms with van der Waals surface area (Å²) >= 11 is 0. The van der Waals surface area contributed by atoms with Crippen LogP contribution in [0.2, 0.25) is 0 Å². The van der Waals surface area contributed by atoms with Gasteiger partial charge in [-0.2, -0.15) is 4.98 Å². The molecule has 6 heteroatoms. The highest BCUT2D eigenvalue weighted by atomic mass is 16.5. The fourth-order valence-electron chi connectivity index (χ4n) is 2.04. The van der Waals surface area contributed by atoms with Crippen molar-refractivity contribution in [2.75, 3.05) is 5.32 Å². The lowest BCUT2D eigenvalue weighted by molar-refractivity contribution is -0.114. The van der Waals surface area contributed by atoms with Crippen LogP contribution in [0, 0.1) is 0 Å². The maximum Gasteiger partial charge on any atom is 0.264 e. The summed E-state index contributed by atoms with van der Waals surface area (Å²) in [6.45, 7) is 1.57. The number of amides is 1. The van der Waals surface area contributed by atoms with Gasteiger partial charge in [0.2, 0.25) is 11.7 Å². The molecule has 0 fully saturated rings. The van der Waals surface area contributed by atoms with Crippen molar-refractivity contribution in [2.45, 2.75) is 13.5 Å². The monoisotopic (exact) mass is 309 g/mol. The Morgan fingerprint density at radius 1 is 1.13 bits per heavy atom. The maximum absolute atomic E-state index is 11.2. The molecule has 0 aliphatic heterocycles. The van der Waals surface area contributed by atoms with Crippen LogP contribution in [0.3, 0.4) is 0 Å². The summed E-state index contributed by atoms with van der Waals surface area (Å²) in [4.78, 5) is 15.5. The molecule has 1 amide bonds. The minimum absolute atomic E-state index is 0.121. The van der Waals surface area contributed by atoms with Gasteiger partial charge >= 0.3 is 0 Å². The fraction of sp³-hybridized carbons (Fsp3) is 0.118. The van der Waals surface area contributed by atoms with E-state index in [9.17, 15) is 4.79 Å². The Morgan fingerprint density at radius 3 is 2.65 bits per heavy atom. The summed E-state index contributed by atoms with van der Waals surface area (Å²) in [7, 11) is 0. The Hall–Kier alpha value is -3.15. The second-order valence-corrected chi connectivity index (χ2v) is 4.84. The SMILES string of the molecule is CC(=O)Nc1ccccc1OCc1nc(-c2ccccc2)no1. The first kappa shape index (κ1) is 14.8. The van der Waals surface area contributed by atoms with Crippen molar-refractivity contribution in [3.8, 4) is 17.1 Å². The molecular weight excluding hydrogens is 294 g/mol. The van der Waals surface area contributed by atoms with Gasteiger partial charge in [0.25, 0.3) is 5.89 Å². The van der Waals surface area contributed by atoms with Gasteiger partial charge < -0.3 is 14.6 Å². The Morgan fingerprint density at radius 2 is 1.87 bits per heavy atom. The fourth-order valence-corrected chi connectivity index (χ4v) is 2.04. The van der Waals surface area contributed by atoms with Crippen molar-refractivity contribution in [3.63, 3.8) is 0 Å². The van der Waals surface area contributed by atoms with Gasteiger partial charge in [-0.3, -0.25) is 4.79 Å². The van der Waals surface area contributed by atoms with Gasteiger partial charge in [-0.25, -0.2) is 0 Å². The molecule has 0 aliphatic rings. The number of carbonyl (C=O) groups excluding carboxylic acids is 1. The van der Waals surface area contributed by atoms with E-state index >= 15 is 0 Å². The number of ether oxygens (including phenoxy) is 1. The highest BCUT2D eigenvalue weighted by Crippen LogP contribution is 2.24. The minimum Gasteiger partial charge on any atom is -0.482 e. The van der Waals surface area contributed by atoms with Crippen molar-refractivity contribution in [1.29, 1.82) is 0 Å². The Bertz CT molecular complexity index is 800. The van der Waals surface area contributed by atoms with Crippen molar-refractivity contribution >= 4 is 11.6 Å². The van der Waals surface area contributed by atoms with E-state index in [0.717, 1.165) is 5.56 Å². The van der Waals surface area contributed by atoms with Crippen molar-refractivity contribution < 1.29 is 14.1 Å². The molecule has 1 aromatic heterocycles. The van der Waals surface area contributed by atoms with Crippen LogP contribution >= 0.6 is 0 Å². The van der Waals surface area contributed by atoms with E-state index in [1.807, 2.05) is 42.5 Å². The van der Waals surface area contributed by atoms with E-state index < -0.39 is 0 Å². The topological polar surface area (TPSA) is 77.2 Å². The second-order valence-electron chi connectivity index (χ2n) is 4.84. The number of nitrogens with one attached hydrogen (secondary N) is 1. The first-order chi connectivity index (χ1) is 11.2. The first-order valence-corrected chi connectivity index (χ1v) is 7.10. The van der Waals surface area contributed by atoms with Gasteiger partial charge in [-0.15, -0.1) is 0 Å². The zero-order valence-corrected chi connectivity index (χ0v) is 12.5. The summed E-state index contributed by atoms with van der Waals surface area (Å²) in [5.74, 6) is 1.26. The number of aromatic nitrogens is 2. The average Bonchev–Trinajstić information content (AvgIpc) is 3.03. The number of carbonyl (C=O) groups is 1. The van der Waals surface area contributed by atoms with E-state index in [-0.39, 0.29) is 12.5 Å². The molecule has 0 saturated heterocycles. The highest BCUT2D eigenvalue weighted by molar-refractivity contribution is 5.90. The normalized spacial score (nSPS) is 10.3. The van der Waals surface area contributed by atoms with E-state index in [1.165, 1.54) is 6.92 Å². The summed E-state index contributed by atoms with van der Waals surface area (Å²) in [5, 5.41) is 6.64. The van der Waals surface area contributed by atoms with Crippen LogP contribution in [0.15, 0.2) is 59.1 Å². The number of para-hydroxylation sites is 2. The van der Waals surface area contributed by atoms with E-state index in [0.29, 0.717) is 23.2 Å². The lowest BCUT2D eigenvalue weighted by Gasteiger charge is -2.09. The molecule has 0 aliphatic carbocycles. The van der Waals surface area contributed by atoms with Crippen LogP contribution in [0.5, 0.6) is 5.75 Å².